The molecule has 2 aromatic carbocycles. The third kappa shape index (κ3) is 5.05. The van der Waals surface area contributed by atoms with Gasteiger partial charge < -0.3 is 15.3 Å². The van der Waals surface area contributed by atoms with Crippen LogP contribution >= 0.6 is 0 Å². The summed E-state index contributed by atoms with van der Waals surface area (Å²) < 4.78 is 27.0. The molecule has 31 heavy (non-hydrogen) atoms. The van der Waals surface area contributed by atoms with E-state index in [0.717, 1.165) is 16.7 Å². The molecule has 1 heterocycles. The highest BCUT2D eigenvalue weighted by atomic mass is 32.2. The molecular formula is C22H27N3O5S. The molecule has 1 aliphatic heterocycles. The van der Waals surface area contributed by atoms with Crippen molar-refractivity contribution in [3.05, 3.63) is 58.7 Å². The second-order valence-corrected chi connectivity index (χ2v) is 9.64. The van der Waals surface area contributed by atoms with Crippen LogP contribution in [0, 0.1) is 20.8 Å². The normalized spacial score (nSPS) is 15.0. The van der Waals surface area contributed by atoms with E-state index in [4.69, 9.17) is 0 Å². The Bertz CT molecular complexity index is 1110. The number of nitrogens with zero attached hydrogens (tertiary/aromatic N) is 2. The molecule has 2 aromatic rings. The second kappa shape index (κ2) is 9.07. The van der Waals surface area contributed by atoms with E-state index in [2.05, 4.69) is 5.32 Å². The van der Waals surface area contributed by atoms with E-state index in [-0.39, 0.29) is 55.2 Å². The van der Waals surface area contributed by atoms with Gasteiger partial charge in [0.2, 0.25) is 15.9 Å². The minimum absolute atomic E-state index is 0.118. The summed E-state index contributed by atoms with van der Waals surface area (Å²) in [5, 5.41) is 12.6. The molecule has 0 aromatic heterocycles. The van der Waals surface area contributed by atoms with Crippen molar-refractivity contribution in [3.63, 3.8) is 0 Å². The molecule has 0 radical (unpaired) electrons. The number of phenolic OH excluding ortho intramolecular Hbond substituents is 1. The minimum Gasteiger partial charge on any atom is -0.507 e. The molecule has 0 unspecified atom stereocenters. The first-order valence-electron chi connectivity index (χ1n) is 10.0. The summed E-state index contributed by atoms with van der Waals surface area (Å²) in [5.74, 6) is -0.890. The van der Waals surface area contributed by atoms with Gasteiger partial charge in [0.1, 0.15) is 10.6 Å². The smallest absolute Gasteiger partial charge is 0.251 e. The third-order valence-corrected chi connectivity index (χ3v) is 7.42. The van der Waals surface area contributed by atoms with Gasteiger partial charge in [-0.15, -0.1) is 0 Å². The van der Waals surface area contributed by atoms with Crippen LogP contribution in [0.5, 0.6) is 5.75 Å². The van der Waals surface area contributed by atoms with E-state index in [1.165, 1.54) is 21.3 Å². The van der Waals surface area contributed by atoms with Crippen molar-refractivity contribution in [2.75, 3.05) is 32.7 Å². The van der Waals surface area contributed by atoms with Gasteiger partial charge in [0.15, 0.2) is 0 Å². The Kier molecular flexibility index (Phi) is 6.66. The number of aromatic hydroxyl groups is 1. The summed E-state index contributed by atoms with van der Waals surface area (Å²) in [7, 11) is -3.86. The number of benzene rings is 2. The van der Waals surface area contributed by atoms with Gasteiger partial charge in [0, 0.05) is 31.7 Å². The molecular weight excluding hydrogens is 418 g/mol. The van der Waals surface area contributed by atoms with Crippen LogP contribution in [-0.2, 0) is 14.8 Å². The van der Waals surface area contributed by atoms with Crippen LogP contribution < -0.4 is 5.32 Å². The summed E-state index contributed by atoms with van der Waals surface area (Å²) in [6.07, 6.45) is 0. The van der Waals surface area contributed by atoms with E-state index < -0.39 is 10.0 Å². The summed E-state index contributed by atoms with van der Waals surface area (Å²) in [6, 6.07) is 9.78. The first-order chi connectivity index (χ1) is 14.6. The number of rotatable bonds is 5. The predicted octanol–water partition coefficient (Wildman–Crippen LogP) is 1.58. The first-order valence-corrected chi connectivity index (χ1v) is 11.5. The van der Waals surface area contributed by atoms with Crippen LogP contribution in [-0.4, -0.2) is 67.3 Å². The zero-order valence-corrected chi connectivity index (χ0v) is 18.7. The Hall–Kier alpha value is -2.91. The molecule has 1 saturated heterocycles. The topological polar surface area (TPSA) is 107 Å². The van der Waals surface area contributed by atoms with Crippen molar-refractivity contribution in [1.82, 2.24) is 14.5 Å². The molecule has 0 aliphatic carbocycles. The van der Waals surface area contributed by atoms with Crippen LogP contribution in [0.3, 0.4) is 0 Å². The van der Waals surface area contributed by atoms with Gasteiger partial charge in [-0.25, -0.2) is 8.42 Å². The molecule has 9 heteroatoms. The fourth-order valence-electron chi connectivity index (χ4n) is 3.40. The van der Waals surface area contributed by atoms with Crippen LogP contribution in [0.15, 0.2) is 41.3 Å². The number of carbonyl (C=O) groups is 2. The van der Waals surface area contributed by atoms with Gasteiger partial charge in [0.25, 0.3) is 5.91 Å². The molecule has 8 nitrogen and oxygen atoms in total. The van der Waals surface area contributed by atoms with E-state index in [1.54, 1.807) is 25.1 Å². The van der Waals surface area contributed by atoms with Crippen molar-refractivity contribution in [2.45, 2.75) is 25.7 Å². The highest BCUT2D eigenvalue weighted by Gasteiger charge is 2.31. The highest BCUT2D eigenvalue weighted by molar-refractivity contribution is 7.89. The summed E-state index contributed by atoms with van der Waals surface area (Å²) >= 11 is 0. The Balaban J connectivity index is 1.56. The quantitative estimate of drug-likeness (QED) is 0.727. The Labute approximate surface area is 182 Å². The highest BCUT2D eigenvalue weighted by Crippen LogP contribution is 2.27. The molecule has 1 aliphatic rings. The average Bonchev–Trinajstić information content (AvgIpc) is 2.75. The number of aryl methyl sites for hydroxylation is 3. The number of sulfonamides is 1. The lowest BCUT2D eigenvalue weighted by molar-refractivity contribution is -0.131. The lowest BCUT2D eigenvalue weighted by atomic mass is 10.1. The number of carbonyl (C=O) groups excluding carboxylic acids is 2. The molecule has 0 atom stereocenters. The maximum atomic E-state index is 12.9. The average molecular weight is 446 g/mol. The van der Waals surface area contributed by atoms with Gasteiger partial charge in [-0.05, 0) is 61.7 Å². The number of phenols is 1. The molecule has 0 spiro atoms. The van der Waals surface area contributed by atoms with Crippen molar-refractivity contribution < 1.29 is 23.1 Å². The maximum absolute atomic E-state index is 12.9. The number of nitrogens with one attached hydrogen (secondary N) is 1. The summed E-state index contributed by atoms with van der Waals surface area (Å²) in [5.41, 5.74) is 3.30. The van der Waals surface area contributed by atoms with Gasteiger partial charge in [-0.1, -0.05) is 12.1 Å². The SMILES string of the molecule is Cc1ccc(O)c(S(=O)(=O)N2CCN(C(=O)CNC(=O)c3ccc(C)c(C)c3)CC2)c1. The van der Waals surface area contributed by atoms with E-state index in [9.17, 15) is 23.1 Å². The van der Waals surface area contributed by atoms with E-state index in [1.807, 2.05) is 19.9 Å². The maximum Gasteiger partial charge on any atom is 0.251 e. The van der Waals surface area contributed by atoms with Crippen LogP contribution in [0.2, 0.25) is 0 Å². The third-order valence-electron chi connectivity index (χ3n) is 5.49. The zero-order valence-electron chi connectivity index (χ0n) is 17.9. The number of amides is 2. The standard InChI is InChI=1S/C22H27N3O5S/c1-15-4-7-19(26)20(12-15)31(29,30)25-10-8-24(9-11-25)21(27)14-23-22(28)18-6-5-16(2)17(3)13-18/h4-7,12-13,26H,8-11,14H2,1-3H3,(H,23,28). The monoisotopic (exact) mass is 445 g/mol. The molecule has 166 valence electrons. The molecule has 1 fully saturated rings. The molecule has 3 rings (SSSR count). The summed E-state index contributed by atoms with van der Waals surface area (Å²) in [6.45, 7) is 6.13. The molecule has 2 amide bonds. The van der Waals surface area contributed by atoms with Crippen LogP contribution in [0.4, 0.5) is 0 Å². The fourth-order valence-corrected chi connectivity index (χ4v) is 4.99. The van der Waals surface area contributed by atoms with Crippen molar-refractivity contribution in [1.29, 1.82) is 0 Å². The first kappa shape index (κ1) is 22.8. The number of piperazine rings is 1. The Morgan fingerprint density at radius 1 is 0.968 bits per heavy atom. The second-order valence-electron chi connectivity index (χ2n) is 7.74. The lowest BCUT2D eigenvalue weighted by Gasteiger charge is -2.34. The zero-order chi connectivity index (χ0) is 22.8. The molecule has 0 bridgehead atoms. The largest absolute Gasteiger partial charge is 0.507 e. The van der Waals surface area contributed by atoms with E-state index >= 15 is 0 Å². The van der Waals surface area contributed by atoms with Crippen LogP contribution in [0.25, 0.3) is 0 Å². The van der Waals surface area contributed by atoms with Crippen LogP contribution in [0.1, 0.15) is 27.0 Å². The minimum atomic E-state index is -3.86. The number of hydrogen-bond donors (Lipinski definition) is 2. The van der Waals surface area contributed by atoms with Gasteiger partial charge in [-0.2, -0.15) is 4.31 Å². The molecule has 0 saturated carbocycles. The van der Waals surface area contributed by atoms with Gasteiger partial charge in [-0.3, -0.25) is 9.59 Å². The predicted molar refractivity (Wildman–Crippen MR) is 116 cm³/mol. The Morgan fingerprint density at radius 3 is 2.29 bits per heavy atom. The fraction of sp³-hybridized carbons (Fsp3) is 0.364. The van der Waals surface area contributed by atoms with Crippen molar-refractivity contribution >= 4 is 21.8 Å². The lowest BCUT2D eigenvalue weighted by Crippen LogP contribution is -2.52. The number of hydrogen-bond acceptors (Lipinski definition) is 5. The Morgan fingerprint density at radius 2 is 1.65 bits per heavy atom. The van der Waals surface area contributed by atoms with E-state index in [0.29, 0.717) is 5.56 Å². The van der Waals surface area contributed by atoms with Gasteiger partial charge >= 0.3 is 0 Å². The molecule has 2 N–H and O–H groups in total. The van der Waals surface area contributed by atoms with Crippen molar-refractivity contribution in [3.8, 4) is 5.75 Å². The summed E-state index contributed by atoms with van der Waals surface area (Å²) in [4.78, 5) is 26.2. The van der Waals surface area contributed by atoms with Crippen molar-refractivity contribution in [2.24, 2.45) is 0 Å². The van der Waals surface area contributed by atoms with Gasteiger partial charge in [0.05, 0.1) is 6.54 Å².